The lowest BCUT2D eigenvalue weighted by atomic mass is 9.98. The first-order valence-corrected chi connectivity index (χ1v) is 12.2. The van der Waals surface area contributed by atoms with Crippen LogP contribution in [0.25, 0.3) is 11.0 Å². The van der Waals surface area contributed by atoms with E-state index in [0.29, 0.717) is 28.1 Å². The normalized spacial score (nSPS) is 15.3. The summed E-state index contributed by atoms with van der Waals surface area (Å²) in [5.41, 5.74) is 4.33. The van der Waals surface area contributed by atoms with E-state index in [9.17, 15) is 9.59 Å². The minimum atomic E-state index is -0.537. The molecule has 1 aromatic heterocycles. The van der Waals surface area contributed by atoms with Gasteiger partial charge in [0, 0.05) is 16.5 Å². The topological polar surface area (TPSA) is 50.5 Å². The highest BCUT2D eigenvalue weighted by atomic mass is 35.5. The second-order valence-electron chi connectivity index (χ2n) is 8.37. The fraction of sp³-hybridized carbons (Fsp3) is 0.185. The van der Waals surface area contributed by atoms with Crippen LogP contribution in [-0.2, 0) is 6.54 Å². The third kappa shape index (κ3) is 3.75. The van der Waals surface area contributed by atoms with Gasteiger partial charge in [0.2, 0.25) is 5.76 Å². The Morgan fingerprint density at radius 1 is 1.00 bits per heavy atom. The molecule has 0 fully saturated rings. The van der Waals surface area contributed by atoms with E-state index in [1.165, 1.54) is 0 Å². The number of fused-ring (bicyclic) bond motifs is 2. The zero-order valence-corrected chi connectivity index (χ0v) is 20.1. The fourth-order valence-electron chi connectivity index (χ4n) is 4.33. The van der Waals surface area contributed by atoms with Gasteiger partial charge in [-0.1, -0.05) is 53.6 Å². The molecule has 0 saturated carbocycles. The van der Waals surface area contributed by atoms with E-state index in [0.717, 1.165) is 27.1 Å². The van der Waals surface area contributed by atoms with Crippen LogP contribution < -0.4 is 5.43 Å². The third-order valence-corrected chi connectivity index (χ3v) is 7.30. The molecular formula is C27H22ClNO3S. The molecule has 166 valence electrons. The lowest BCUT2D eigenvalue weighted by Crippen LogP contribution is -2.29. The molecule has 4 aromatic rings. The number of benzene rings is 3. The van der Waals surface area contributed by atoms with Crippen LogP contribution in [-0.4, -0.2) is 17.1 Å². The molecule has 2 heterocycles. The van der Waals surface area contributed by atoms with Crippen molar-refractivity contribution in [2.75, 3.05) is 6.26 Å². The van der Waals surface area contributed by atoms with Crippen molar-refractivity contribution in [3.63, 3.8) is 0 Å². The Labute approximate surface area is 201 Å². The Morgan fingerprint density at radius 2 is 1.70 bits per heavy atom. The van der Waals surface area contributed by atoms with E-state index in [1.54, 1.807) is 28.8 Å². The molecule has 0 aliphatic carbocycles. The van der Waals surface area contributed by atoms with Crippen LogP contribution in [0.3, 0.4) is 0 Å². The number of halogens is 1. The fourth-order valence-corrected chi connectivity index (χ4v) is 4.90. The maximum atomic E-state index is 13.7. The smallest absolute Gasteiger partial charge is 0.291 e. The van der Waals surface area contributed by atoms with Gasteiger partial charge in [-0.15, -0.1) is 11.8 Å². The maximum absolute atomic E-state index is 13.7. The molecule has 4 nitrogen and oxygen atoms in total. The highest BCUT2D eigenvalue weighted by Crippen LogP contribution is 2.40. The summed E-state index contributed by atoms with van der Waals surface area (Å²) < 4.78 is 6.06. The summed E-state index contributed by atoms with van der Waals surface area (Å²) >= 11 is 7.96. The van der Waals surface area contributed by atoms with Crippen LogP contribution >= 0.6 is 23.4 Å². The number of amides is 1. The second kappa shape index (κ2) is 8.40. The Balaban J connectivity index is 1.71. The summed E-state index contributed by atoms with van der Waals surface area (Å²) in [5, 5.41) is 0.886. The SMILES string of the molecule is CSc1ccc(C2c3c(oc4cc(C)c(Cl)cc4c3=O)C(=O)N2Cc2ccc(C)cc2)cc1. The Morgan fingerprint density at radius 3 is 2.36 bits per heavy atom. The predicted octanol–water partition coefficient (Wildman–Crippen LogP) is 6.53. The largest absolute Gasteiger partial charge is 0.450 e. The van der Waals surface area contributed by atoms with Crippen LogP contribution in [0.15, 0.2) is 74.8 Å². The van der Waals surface area contributed by atoms with Crippen molar-refractivity contribution >= 4 is 40.2 Å². The Bertz CT molecular complexity index is 1440. The van der Waals surface area contributed by atoms with Crippen molar-refractivity contribution in [3.05, 3.63) is 109 Å². The molecule has 1 aliphatic rings. The van der Waals surface area contributed by atoms with Crippen LogP contribution in [0.2, 0.25) is 5.02 Å². The highest BCUT2D eigenvalue weighted by Gasteiger charge is 2.42. The summed E-state index contributed by atoms with van der Waals surface area (Å²) in [7, 11) is 0. The molecule has 1 atom stereocenters. The lowest BCUT2D eigenvalue weighted by Gasteiger charge is -2.25. The van der Waals surface area contributed by atoms with Crippen molar-refractivity contribution in [1.29, 1.82) is 0 Å². The first kappa shape index (κ1) is 21.8. The average molecular weight is 476 g/mol. The molecule has 0 bridgehead atoms. The number of carbonyl (C=O) groups excluding carboxylic acids is 1. The van der Waals surface area contributed by atoms with E-state index < -0.39 is 6.04 Å². The van der Waals surface area contributed by atoms with E-state index in [2.05, 4.69) is 0 Å². The molecule has 6 heteroatoms. The first-order chi connectivity index (χ1) is 15.9. The molecule has 0 spiro atoms. The van der Waals surface area contributed by atoms with E-state index in [-0.39, 0.29) is 17.1 Å². The van der Waals surface area contributed by atoms with Crippen LogP contribution in [0, 0.1) is 13.8 Å². The summed E-state index contributed by atoms with van der Waals surface area (Å²) in [6.07, 6.45) is 2.01. The van der Waals surface area contributed by atoms with Gasteiger partial charge in [0.25, 0.3) is 5.91 Å². The van der Waals surface area contributed by atoms with Crippen molar-refractivity contribution in [3.8, 4) is 0 Å². The molecule has 3 aromatic carbocycles. The molecule has 1 amide bonds. The quantitative estimate of drug-likeness (QED) is 0.315. The third-order valence-electron chi connectivity index (χ3n) is 6.15. The summed E-state index contributed by atoms with van der Waals surface area (Å²) in [6, 6.07) is 18.9. The lowest BCUT2D eigenvalue weighted by molar-refractivity contribution is 0.0714. The summed E-state index contributed by atoms with van der Waals surface area (Å²) in [5.74, 6) is -0.170. The summed E-state index contributed by atoms with van der Waals surface area (Å²) in [4.78, 5) is 30.1. The van der Waals surface area contributed by atoms with Gasteiger partial charge in [0.1, 0.15) is 5.58 Å². The van der Waals surface area contributed by atoms with Crippen LogP contribution in [0.4, 0.5) is 0 Å². The van der Waals surface area contributed by atoms with E-state index in [1.807, 2.05) is 68.6 Å². The molecule has 0 N–H and O–H groups in total. The molecule has 1 unspecified atom stereocenters. The predicted molar refractivity (Wildman–Crippen MR) is 133 cm³/mol. The first-order valence-electron chi connectivity index (χ1n) is 10.6. The molecule has 33 heavy (non-hydrogen) atoms. The number of hydrogen-bond donors (Lipinski definition) is 0. The number of hydrogen-bond acceptors (Lipinski definition) is 4. The number of rotatable bonds is 4. The second-order valence-corrected chi connectivity index (χ2v) is 9.65. The summed E-state index contributed by atoms with van der Waals surface area (Å²) in [6.45, 7) is 4.24. The minimum Gasteiger partial charge on any atom is -0.450 e. The van der Waals surface area contributed by atoms with E-state index >= 15 is 0 Å². The molecule has 0 radical (unpaired) electrons. The molecule has 0 saturated heterocycles. The van der Waals surface area contributed by atoms with Gasteiger partial charge < -0.3 is 9.32 Å². The molecule has 1 aliphatic heterocycles. The standard InChI is InChI=1S/C27H22ClNO3S/c1-15-4-6-17(7-5-15)14-29-24(18-8-10-19(33-3)11-9-18)23-25(30)20-13-21(28)16(2)12-22(20)32-26(23)27(29)31/h4-13,24H,14H2,1-3H3. The zero-order valence-electron chi connectivity index (χ0n) is 18.5. The number of nitrogens with zero attached hydrogens (tertiary/aromatic N) is 1. The van der Waals surface area contributed by atoms with Gasteiger partial charge >= 0.3 is 0 Å². The van der Waals surface area contributed by atoms with E-state index in [4.69, 9.17) is 16.0 Å². The maximum Gasteiger partial charge on any atom is 0.291 e. The average Bonchev–Trinajstić information content (AvgIpc) is 3.08. The van der Waals surface area contributed by atoms with Gasteiger partial charge in [-0.3, -0.25) is 9.59 Å². The van der Waals surface area contributed by atoms with Crippen molar-refractivity contribution in [1.82, 2.24) is 4.90 Å². The zero-order chi connectivity index (χ0) is 23.3. The van der Waals surface area contributed by atoms with Crippen molar-refractivity contribution in [2.24, 2.45) is 0 Å². The van der Waals surface area contributed by atoms with Crippen LogP contribution in [0.5, 0.6) is 0 Å². The van der Waals surface area contributed by atoms with Crippen molar-refractivity contribution < 1.29 is 9.21 Å². The Kier molecular flexibility index (Phi) is 5.55. The molecular weight excluding hydrogens is 454 g/mol. The Hall–Kier alpha value is -3.02. The van der Waals surface area contributed by atoms with Gasteiger partial charge in [-0.05, 0) is 61.1 Å². The van der Waals surface area contributed by atoms with Gasteiger partial charge in [-0.25, -0.2) is 0 Å². The number of aryl methyl sites for hydroxylation is 2. The number of thioether (sulfide) groups is 1. The van der Waals surface area contributed by atoms with Gasteiger partial charge in [-0.2, -0.15) is 0 Å². The van der Waals surface area contributed by atoms with Gasteiger partial charge in [0.15, 0.2) is 5.43 Å². The molecule has 5 rings (SSSR count). The highest BCUT2D eigenvalue weighted by molar-refractivity contribution is 7.98. The van der Waals surface area contributed by atoms with Crippen LogP contribution in [0.1, 0.15) is 44.4 Å². The number of carbonyl (C=O) groups is 1. The van der Waals surface area contributed by atoms with Gasteiger partial charge in [0.05, 0.1) is 17.0 Å². The monoisotopic (exact) mass is 475 g/mol. The van der Waals surface area contributed by atoms with Crippen molar-refractivity contribution in [2.45, 2.75) is 31.3 Å². The minimum absolute atomic E-state index is 0.111.